The summed E-state index contributed by atoms with van der Waals surface area (Å²) >= 11 is 5.81. The molecule has 1 aromatic heterocycles. The number of rotatable bonds is 5. The van der Waals surface area contributed by atoms with E-state index in [4.69, 9.17) is 16.3 Å². The average Bonchev–Trinajstić information content (AvgIpc) is 2.79. The molecule has 0 bridgehead atoms. The number of aldehydes is 1. The van der Waals surface area contributed by atoms with Crippen molar-refractivity contribution in [2.75, 3.05) is 0 Å². The maximum atomic E-state index is 10.9. The third kappa shape index (κ3) is 2.90. The zero-order valence-corrected chi connectivity index (χ0v) is 10.7. The number of carbonyl (C=O) groups is 1. The maximum Gasteiger partial charge on any atom is 0.165 e. The lowest BCUT2D eigenvalue weighted by Gasteiger charge is -2.05. The minimum atomic E-state index is 0.422. The second-order valence-electron chi connectivity index (χ2n) is 3.84. The van der Waals surface area contributed by atoms with Crippen LogP contribution in [0.1, 0.15) is 23.7 Å². The summed E-state index contributed by atoms with van der Waals surface area (Å²) in [6.07, 6.45) is 5.14. The summed E-state index contributed by atoms with van der Waals surface area (Å²) in [4.78, 5) is 10.9. The van der Waals surface area contributed by atoms with Crippen LogP contribution in [0.2, 0.25) is 5.02 Å². The van der Waals surface area contributed by atoms with E-state index in [1.165, 1.54) is 0 Å². The van der Waals surface area contributed by atoms with E-state index in [-0.39, 0.29) is 0 Å². The number of hydrogen-bond donors (Lipinski definition) is 0. The van der Waals surface area contributed by atoms with Crippen molar-refractivity contribution in [3.8, 4) is 11.5 Å². The van der Waals surface area contributed by atoms with Gasteiger partial charge in [-0.1, -0.05) is 18.5 Å². The third-order valence-electron chi connectivity index (χ3n) is 2.39. The Kier molecular flexibility index (Phi) is 3.99. The molecule has 0 spiro atoms. The molecule has 0 N–H and O–H groups in total. The number of nitrogens with zero attached hydrogens (tertiary/aromatic N) is 2. The van der Waals surface area contributed by atoms with Crippen LogP contribution in [-0.4, -0.2) is 16.1 Å². The van der Waals surface area contributed by atoms with E-state index in [1.807, 2.05) is 0 Å². The number of hydrogen-bond acceptors (Lipinski definition) is 3. The quantitative estimate of drug-likeness (QED) is 0.776. The Morgan fingerprint density at radius 3 is 3.06 bits per heavy atom. The van der Waals surface area contributed by atoms with E-state index in [9.17, 15) is 4.79 Å². The van der Waals surface area contributed by atoms with Gasteiger partial charge in [-0.15, -0.1) is 0 Å². The normalized spacial score (nSPS) is 10.3. The van der Waals surface area contributed by atoms with E-state index in [0.717, 1.165) is 19.3 Å². The molecule has 1 heterocycles. The number of ether oxygens (including phenoxy) is 1. The Morgan fingerprint density at radius 1 is 1.50 bits per heavy atom. The van der Waals surface area contributed by atoms with Gasteiger partial charge in [0.25, 0.3) is 0 Å². The summed E-state index contributed by atoms with van der Waals surface area (Å²) in [6.45, 7) is 2.91. The lowest BCUT2D eigenvalue weighted by molar-refractivity contribution is 0.112. The number of benzene rings is 1. The third-order valence-corrected chi connectivity index (χ3v) is 2.62. The molecular weight excluding hydrogens is 252 g/mol. The standard InChI is InChI=1S/C13H13ClN2O2/c1-2-5-16-8-12(7-15-16)18-13-4-3-11(14)6-10(13)9-17/h3-4,6-9H,2,5H2,1H3. The Labute approximate surface area is 110 Å². The first-order valence-corrected chi connectivity index (χ1v) is 6.05. The highest BCUT2D eigenvalue weighted by Crippen LogP contribution is 2.26. The van der Waals surface area contributed by atoms with Gasteiger partial charge < -0.3 is 4.74 Å². The first-order valence-electron chi connectivity index (χ1n) is 5.68. The predicted molar refractivity (Wildman–Crippen MR) is 69.4 cm³/mol. The highest BCUT2D eigenvalue weighted by molar-refractivity contribution is 6.30. The number of carbonyl (C=O) groups excluding carboxylic acids is 1. The van der Waals surface area contributed by atoms with Crippen molar-refractivity contribution in [2.45, 2.75) is 19.9 Å². The Hall–Kier alpha value is -1.81. The van der Waals surface area contributed by atoms with E-state index in [1.54, 1.807) is 35.3 Å². The lowest BCUT2D eigenvalue weighted by atomic mass is 10.2. The molecule has 1 aromatic carbocycles. The highest BCUT2D eigenvalue weighted by atomic mass is 35.5. The van der Waals surface area contributed by atoms with E-state index < -0.39 is 0 Å². The molecule has 2 aromatic rings. The van der Waals surface area contributed by atoms with Crippen LogP contribution in [0.5, 0.6) is 11.5 Å². The van der Waals surface area contributed by atoms with Crippen LogP contribution < -0.4 is 4.74 Å². The summed E-state index contributed by atoms with van der Waals surface area (Å²) in [6, 6.07) is 4.92. The fourth-order valence-electron chi connectivity index (χ4n) is 1.58. The second-order valence-corrected chi connectivity index (χ2v) is 4.28. The van der Waals surface area contributed by atoms with Gasteiger partial charge in [-0.25, -0.2) is 0 Å². The molecule has 0 aliphatic carbocycles. The Morgan fingerprint density at radius 2 is 2.33 bits per heavy atom. The molecule has 4 nitrogen and oxygen atoms in total. The fourth-order valence-corrected chi connectivity index (χ4v) is 1.76. The van der Waals surface area contributed by atoms with Crippen molar-refractivity contribution in [1.29, 1.82) is 0 Å². The molecule has 0 saturated heterocycles. The van der Waals surface area contributed by atoms with Crippen molar-refractivity contribution in [3.63, 3.8) is 0 Å². The van der Waals surface area contributed by atoms with Gasteiger partial charge in [0, 0.05) is 11.6 Å². The minimum Gasteiger partial charge on any atom is -0.453 e. The molecular formula is C13H13ClN2O2. The van der Waals surface area contributed by atoms with Gasteiger partial charge in [0.15, 0.2) is 12.0 Å². The van der Waals surface area contributed by atoms with Gasteiger partial charge in [-0.3, -0.25) is 9.48 Å². The van der Waals surface area contributed by atoms with Crippen LogP contribution in [0.25, 0.3) is 0 Å². The largest absolute Gasteiger partial charge is 0.453 e. The number of halogens is 1. The van der Waals surface area contributed by atoms with Gasteiger partial charge in [0.1, 0.15) is 5.75 Å². The molecule has 0 unspecified atom stereocenters. The molecule has 0 atom stereocenters. The van der Waals surface area contributed by atoms with E-state index in [0.29, 0.717) is 22.1 Å². The molecule has 0 radical (unpaired) electrons. The van der Waals surface area contributed by atoms with Crippen molar-refractivity contribution in [3.05, 3.63) is 41.2 Å². The van der Waals surface area contributed by atoms with Gasteiger partial charge in [0.2, 0.25) is 0 Å². The molecule has 0 aliphatic heterocycles. The smallest absolute Gasteiger partial charge is 0.165 e. The summed E-state index contributed by atoms with van der Waals surface area (Å²) < 4.78 is 7.41. The topological polar surface area (TPSA) is 44.1 Å². The van der Waals surface area contributed by atoms with Crippen LogP contribution in [-0.2, 0) is 6.54 Å². The molecule has 0 saturated carbocycles. The monoisotopic (exact) mass is 264 g/mol. The number of aryl methyl sites for hydroxylation is 1. The van der Waals surface area contributed by atoms with Crippen molar-refractivity contribution >= 4 is 17.9 Å². The Bertz CT molecular complexity index is 552. The van der Waals surface area contributed by atoms with Crippen molar-refractivity contribution in [1.82, 2.24) is 9.78 Å². The minimum absolute atomic E-state index is 0.422. The summed E-state index contributed by atoms with van der Waals surface area (Å²) in [5.74, 6) is 1.08. The van der Waals surface area contributed by atoms with Crippen LogP contribution in [0.4, 0.5) is 0 Å². The molecule has 94 valence electrons. The lowest BCUT2D eigenvalue weighted by Crippen LogP contribution is -1.95. The summed E-state index contributed by atoms with van der Waals surface area (Å²) in [7, 11) is 0. The van der Waals surface area contributed by atoms with Crippen molar-refractivity contribution < 1.29 is 9.53 Å². The van der Waals surface area contributed by atoms with E-state index in [2.05, 4.69) is 12.0 Å². The highest BCUT2D eigenvalue weighted by Gasteiger charge is 2.06. The van der Waals surface area contributed by atoms with Gasteiger partial charge in [-0.2, -0.15) is 5.10 Å². The van der Waals surface area contributed by atoms with Crippen LogP contribution in [0.15, 0.2) is 30.6 Å². The zero-order valence-electron chi connectivity index (χ0n) is 9.97. The molecule has 0 aliphatic rings. The van der Waals surface area contributed by atoms with Crippen molar-refractivity contribution in [2.24, 2.45) is 0 Å². The molecule has 0 amide bonds. The Balaban J connectivity index is 2.19. The molecule has 5 heteroatoms. The van der Waals surface area contributed by atoms with Crippen LogP contribution >= 0.6 is 11.6 Å². The molecule has 0 fully saturated rings. The van der Waals surface area contributed by atoms with Crippen LogP contribution in [0.3, 0.4) is 0 Å². The van der Waals surface area contributed by atoms with Crippen LogP contribution in [0, 0.1) is 0 Å². The predicted octanol–water partition coefficient (Wildman–Crippen LogP) is 3.55. The van der Waals surface area contributed by atoms with Gasteiger partial charge in [-0.05, 0) is 24.6 Å². The zero-order chi connectivity index (χ0) is 13.0. The average molecular weight is 265 g/mol. The maximum absolute atomic E-state index is 10.9. The first-order chi connectivity index (χ1) is 8.72. The summed E-state index contributed by atoms with van der Waals surface area (Å²) in [5.41, 5.74) is 0.422. The summed E-state index contributed by atoms with van der Waals surface area (Å²) in [5, 5.41) is 4.66. The van der Waals surface area contributed by atoms with E-state index >= 15 is 0 Å². The van der Waals surface area contributed by atoms with Gasteiger partial charge >= 0.3 is 0 Å². The molecule has 18 heavy (non-hydrogen) atoms. The number of aromatic nitrogens is 2. The van der Waals surface area contributed by atoms with Gasteiger partial charge in [0.05, 0.1) is 18.0 Å². The molecule has 2 rings (SSSR count). The SMILES string of the molecule is CCCn1cc(Oc2ccc(Cl)cc2C=O)cn1. The fraction of sp³-hybridized carbons (Fsp3) is 0.231. The second kappa shape index (κ2) is 5.69. The first kappa shape index (κ1) is 12.6.